The van der Waals surface area contributed by atoms with Crippen molar-refractivity contribution in [1.29, 1.82) is 0 Å². The van der Waals surface area contributed by atoms with Crippen LogP contribution in [0, 0.1) is 43.4 Å². The van der Waals surface area contributed by atoms with Crippen LogP contribution in [0.2, 0.25) is 0 Å². The van der Waals surface area contributed by atoms with Crippen LogP contribution < -0.4 is 5.43 Å². The van der Waals surface area contributed by atoms with Crippen LogP contribution in [-0.2, 0) is 25.5 Å². The van der Waals surface area contributed by atoms with Gasteiger partial charge < -0.3 is 19.0 Å². The summed E-state index contributed by atoms with van der Waals surface area (Å²) < 4.78 is 19.2. The second-order valence-corrected chi connectivity index (χ2v) is 11.2. The maximum absolute atomic E-state index is 13.8. The topological polar surface area (TPSA) is 103 Å². The van der Waals surface area contributed by atoms with Crippen molar-refractivity contribution < 1.29 is 28.6 Å². The van der Waals surface area contributed by atoms with E-state index in [0.717, 1.165) is 0 Å². The maximum atomic E-state index is 13.8. The van der Waals surface area contributed by atoms with Crippen LogP contribution in [0.25, 0.3) is 0 Å². The number of aryl methyl sites for hydroxylation is 1. The minimum Gasteiger partial charge on any atom is -0.465 e. The average Bonchev–Trinajstić information content (AvgIpc) is 2.87. The van der Waals surface area contributed by atoms with Crippen LogP contribution in [0.15, 0.2) is 9.21 Å². The summed E-state index contributed by atoms with van der Waals surface area (Å²) in [5, 5.41) is 11.1. The first-order chi connectivity index (χ1) is 16.7. The quantitative estimate of drug-likeness (QED) is 0.608. The van der Waals surface area contributed by atoms with Gasteiger partial charge in [0.05, 0.1) is 30.1 Å². The zero-order chi connectivity index (χ0) is 27.3. The van der Waals surface area contributed by atoms with Crippen LogP contribution in [0.1, 0.15) is 90.4 Å². The van der Waals surface area contributed by atoms with E-state index in [1.807, 2.05) is 27.7 Å². The number of hydrogen-bond acceptors (Lipinski definition) is 7. The van der Waals surface area contributed by atoms with E-state index < -0.39 is 47.6 Å². The number of carbonyl (C=O) groups is 2. The van der Waals surface area contributed by atoms with Gasteiger partial charge in [0.1, 0.15) is 23.1 Å². The minimum atomic E-state index is -1.31. The maximum Gasteiger partial charge on any atom is 0.191 e. The fraction of sp³-hybridized carbons (Fsp3) is 0.759. The molecule has 1 spiro atoms. The van der Waals surface area contributed by atoms with Crippen LogP contribution in [-0.4, -0.2) is 40.8 Å². The Labute approximate surface area is 214 Å². The molecule has 2 aliphatic rings. The van der Waals surface area contributed by atoms with Gasteiger partial charge in [-0.05, 0) is 27.2 Å². The molecule has 1 N–H and O–H groups in total. The molecule has 1 aromatic heterocycles. The second-order valence-electron chi connectivity index (χ2n) is 11.2. The molecule has 0 bridgehead atoms. The van der Waals surface area contributed by atoms with Gasteiger partial charge >= 0.3 is 0 Å². The van der Waals surface area contributed by atoms with E-state index in [0.29, 0.717) is 35.5 Å². The van der Waals surface area contributed by atoms with Gasteiger partial charge in [0, 0.05) is 41.2 Å². The number of carbonyl (C=O) groups excluding carboxylic acids is 2. The van der Waals surface area contributed by atoms with Crippen LogP contribution in [0.4, 0.5) is 0 Å². The van der Waals surface area contributed by atoms with Crippen molar-refractivity contribution in [3.8, 4) is 0 Å². The molecule has 2 fully saturated rings. The van der Waals surface area contributed by atoms with Gasteiger partial charge in [0.25, 0.3) is 0 Å². The molecule has 2 saturated heterocycles. The monoisotopic (exact) mass is 504 g/mol. The molecule has 0 radical (unpaired) electrons. The molecule has 0 aromatic carbocycles. The lowest BCUT2D eigenvalue weighted by Gasteiger charge is -2.57. The fourth-order valence-corrected chi connectivity index (χ4v) is 6.40. The standard InChI is InChI=1S/C29H44O7/c1-11-21-13(3)23(30)15(5)27(34-21)16(6)24(31)17(7)28-18(8)26(33)20(10)29(36-28)19(9)25(32)14(4)22(12-2)35-29/h14,16-20,22,25,28,32H,11-12H2,1-10H3/t14-,16+,17+,18-,19+,20+,22+,25+,28+,29-/m1/s1. The third kappa shape index (κ3) is 4.41. The third-order valence-corrected chi connectivity index (χ3v) is 9.09. The average molecular weight is 505 g/mol. The number of aliphatic hydroxyl groups excluding tert-OH is 1. The Hall–Kier alpha value is -1.83. The molecular weight excluding hydrogens is 460 g/mol. The van der Waals surface area contributed by atoms with Gasteiger partial charge in [-0.3, -0.25) is 14.4 Å². The summed E-state index contributed by atoms with van der Waals surface area (Å²) in [6.07, 6.45) is -0.463. The van der Waals surface area contributed by atoms with Crippen molar-refractivity contribution in [3.05, 3.63) is 32.9 Å². The summed E-state index contributed by atoms with van der Waals surface area (Å²) in [5.74, 6) is -3.55. The number of hydrogen-bond donors (Lipinski definition) is 1. The normalized spacial score (nSPS) is 36.6. The van der Waals surface area contributed by atoms with E-state index in [4.69, 9.17) is 13.9 Å². The van der Waals surface area contributed by atoms with Gasteiger partial charge in [-0.2, -0.15) is 0 Å². The lowest BCUT2D eigenvalue weighted by molar-refractivity contribution is -0.378. The fourth-order valence-electron chi connectivity index (χ4n) is 6.40. The van der Waals surface area contributed by atoms with E-state index >= 15 is 0 Å². The third-order valence-electron chi connectivity index (χ3n) is 9.09. The first-order valence-electron chi connectivity index (χ1n) is 13.5. The molecular formula is C29H44O7. The van der Waals surface area contributed by atoms with Crippen molar-refractivity contribution >= 4 is 11.6 Å². The largest absolute Gasteiger partial charge is 0.465 e. The molecule has 202 valence electrons. The molecule has 0 aliphatic carbocycles. The first kappa shape index (κ1) is 28.7. The number of rotatable bonds is 6. The molecule has 7 heteroatoms. The second kappa shape index (κ2) is 10.5. The van der Waals surface area contributed by atoms with Crippen LogP contribution >= 0.6 is 0 Å². The highest BCUT2D eigenvalue weighted by molar-refractivity contribution is 5.90. The van der Waals surface area contributed by atoms with E-state index in [9.17, 15) is 19.5 Å². The van der Waals surface area contributed by atoms with Crippen LogP contribution in [0.5, 0.6) is 0 Å². The van der Waals surface area contributed by atoms with Gasteiger partial charge in [0.2, 0.25) is 0 Å². The highest BCUT2D eigenvalue weighted by atomic mass is 16.7. The molecule has 3 rings (SSSR count). The summed E-state index contributed by atoms with van der Waals surface area (Å²) in [7, 11) is 0. The predicted octanol–water partition coefficient (Wildman–Crippen LogP) is 4.51. The Morgan fingerprint density at radius 2 is 1.64 bits per heavy atom. The van der Waals surface area contributed by atoms with Gasteiger partial charge in [-0.25, -0.2) is 0 Å². The molecule has 36 heavy (non-hydrogen) atoms. The number of Topliss-reactive ketones (excluding diaryl/α,β-unsaturated/α-hetero) is 2. The van der Waals surface area contributed by atoms with Gasteiger partial charge in [0.15, 0.2) is 11.2 Å². The Morgan fingerprint density at radius 1 is 1.03 bits per heavy atom. The van der Waals surface area contributed by atoms with Crippen molar-refractivity contribution in [2.45, 2.75) is 112 Å². The summed E-state index contributed by atoms with van der Waals surface area (Å²) in [6, 6.07) is 0. The van der Waals surface area contributed by atoms with E-state index in [2.05, 4.69) is 0 Å². The molecule has 10 atom stereocenters. The molecule has 1 aromatic rings. The highest BCUT2D eigenvalue weighted by Gasteiger charge is 2.61. The lowest BCUT2D eigenvalue weighted by Crippen LogP contribution is -2.68. The molecule has 2 aliphatic heterocycles. The van der Waals surface area contributed by atoms with Crippen molar-refractivity contribution in [2.24, 2.45) is 29.6 Å². The summed E-state index contributed by atoms with van der Waals surface area (Å²) in [5.41, 5.74) is 0.895. The molecule has 0 unspecified atom stereocenters. The van der Waals surface area contributed by atoms with Gasteiger partial charge in [-0.15, -0.1) is 0 Å². The van der Waals surface area contributed by atoms with Crippen molar-refractivity contribution in [1.82, 2.24) is 0 Å². The zero-order valence-electron chi connectivity index (χ0n) is 23.5. The Kier molecular flexibility index (Phi) is 8.38. The summed E-state index contributed by atoms with van der Waals surface area (Å²) in [6.45, 7) is 18.2. The highest BCUT2D eigenvalue weighted by Crippen LogP contribution is 2.49. The number of ketones is 2. The lowest BCUT2D eigenvalue weighted by atomic mass is 9.69. The summed E-state index contributed by atoms with van der Waals surface area (Å²) in [4.78, 5) is 40.1. The van der Waals surface area contributed by atoms with Crippen molar-refractivity contribution in [2.75, 3.05) is 0 Å². The summed E-state index contributed by atoms with van der Waals surface area (Å²) >= 11 is 0. The smallest absolute Gasteiger partial charge is 0.191 e. The van der Waals surface area contributed by atoms with E-state index in [1.54, 1.807) is 41.5 Å². The van der Waals surface area contributed by atoms with Gasteiger partial charge in [-0.1, -0.05) is 48.5 Å². The molecule has 7 nitrogen and oxygen atoms in total. The van der Waals surface area contributed by atoms with Crippen LogP contribution in [0.3, 0.4) is 0 Å². The number of aliphatic hydroxyl groups is 1. The zero-order valence-corrected chi connectivity index (χ0v) is 23.5. The Bertz CT molecular complexity index is 1060. The van der Waals surface area contributed by atoms with E-state index in [1.165, 1.54) is 0 Å². The Balaban J connectivity index is 1.98. The number of ether oxygens (including phenoxy) is 2. The Morgan fingerprint density at radius 3 is 2.19 bits per heavy atom. The SMILES string of the molecule is CCc1oc([C@@H](C)C(=O)[C@H](C)[C@@H]2O[C@@]3(O[C@@H](CC)[C@@H](C)[C@H](O)[C@@H]3C)[C@@H](C)C(=O)[C@H]2C)c(C)c(=O)c1C. The molecule has 0 amide bonds. The minimum absolute atomic E-state index is 0.0340. The van der Waals surface area contributed by atoms with E-state index in [-0.39, 0.29) is 29.0 Å². The molecule has 3 heterocycles. The molecule has 0 saturated carbocycles. The first-order valence-corrected chi connectivity index (χ1v) is 13.5. The predicted molar refractivity (Wildman–Crippen MR) is 137 cm³/mol. The van der Waals surface area contributed by atoms with Crippen molar-refractivity contribution in [3.63, 3.8) is 0 Å².